The van der Waals surface area contributed by atoms with E-state index in [9.17, 15) is 9.59 Å². The number of amides is 2. The monoisotopic (exact) mass is 407 g/mol. The summed E-state index contributed by atoms with van der Waals surface area (Å²) in [4.78, 5) is 28.7. The van der Waals surface area contributed by atoms with Gasteiger partial charge in [0.2, 0.25) is 11.8 Å². The van der Waals surface area contributed by atoms with Crippen molar-refractivity contribution in [3.63, 3.8) is 0 Å². The molecule has 0 spiro atoms. The highest BCUT2D eigenvalue weighted by molar-refractivity contribution is 7.18. The number of aromatic nitrogens is 1. The number of nitrogens with one attached hydrogen (secondary N) is 2. The van der Waals surface area contributed by atoms with Gasteiger partial charge >= 0.3 is 0 Å². The van der Waals surface area contributed by atoms with Crippen molar-refractivity contribution in [3.05, 3.63) is 59.1 Å². The van der Waals surface area contributed by atoms with E-state index in [-0.39, 0.29) is 23.8 Å². The predicted octanol–water partition coefficient (Wildman–Crippen LogP) is 4.84. The molecule has 1 aliphatic rings. The predicted molar refractivity (Wildman–Crippen MR) is 117 cm³/mol. The SMILES string of the molecule is CC(NC(=O)CCCc1nc2ccccc2s1)c1ccc(NC(=O)C2CC2)cc1. The van der Waals surface area contributed by atoms with E-state index in [1.807, 2.05) is 49.4 Å². The van der Waals surface area contributed by atoms with E-state index >= 15 is 0 Å². The minimum absolute atomic E-state index is 0.0460. The zero-order valence-electron chi connectivity index (χ0n) is 16.5. The van der Waals surface area contributed by atoms with Crippen molar-refractivity contribution < 1.29 is 9.59 Å². The molecule has 0 aliphatic heterocycles. The molecular formula is C23H25N3O2S. The van der Waals surface area contributed by atoms with Crippen LogP contribution in [0.25, 0.3) is 10.2 Å². The zero-order valence-corrected chi connectivity index (χ0v) is 17.3. The molecular weight excluding hydrogens is 382 g/mol. The molecule has 1 atom stereocenters. The van der Waals surface area contributed by atoms with Crippen molar-refractivity contribution in [3.8, 4) is 0 Å². The van der Waals surface area contributed by atoms with Crippen LogP contribution in [0.2, 0.25) is 0 Å². The topological polar surface area (TPSA) is 71.1 Å². The lowest BCUT2D eigenvalue weighted by Crippen LogP contribution is -2.26. The van der Waals surface area contributed by atoms with Crippen LogP contribution in [0.3, 0.4) is 0 Å². The van der Waals surface area contributed by atoms with Gasteiger partial charge in [-0.3, -0.25) is 9.59 Å². The number of fused-ring (bicyclic) bond motifs is 1. The smallest absolute Gasteiger partial charge is 0.227 e. The minimum Gasteiger partial charge on any atom is -0.350 e. The third kappa shape index (κ3) is 5.21. The van der Waals surface area contributed by atoms with E-state index in [0.717, 1.165) is 47.5 Å². The first-order chi connectivity index (χ1) is 14.1. The van der Waals surface area contributed by atoms with Gasteiger partial charge in [-0.15, -0.1) is 11.3 Å². The van der Waals surface area contributed by atoms with Crippen molar-refractivity contribution >= 4 is 39.1 Å². The standard InChI is InChI=1S/C23H25N3O2S/c1-15(16-11-13-18(14-12-16)25-23(28)17-9-10-17)24-21(27)7-4-8-22-26-19-5-2-3-6-20(19)29-22/h2-3,5-6,11-15,17H,4,7-10H2,1H3,(H,24,27)(H,25,28). The van der Waals surface area contributed by atoms with Crippen LogP contribution in [0.1, 0.15) is 49.2 Å². The average Bonchev–Trinajstić information content (AvgIpc) is 3.48. The fourth-order valence-corrected chi connectivity index (χ4v) is 4.28. The van der Waals surface area contributed by atoms with Gasteiger partial charge in [0.1, 0.15) is 0 Å². The lowest BCUT2D eigenvalue weighted by atomic mass is 10.1. The minimum atomic E-state index is -0.0712. The molecule has 1 fully saturated rings. The lowest BCUT2D eigenvalue weighted by molar-refractivity contribution is -0.121. The highest BCUT2D eigenvalue weighted by Gasteiger charge is 2.29. The number of benzene rings is 2. The maximum atomic E-state index is 12.3. The first-order valence-electron chi connectivity index (χ1n) is 10.1. The molecule has 0 bridgehead atoms. The van der Waals surface area contributed by atoms with Crippen molar-refractivity contribution in [2.45, 2.75) is 45.1 Å². The largest absolute Gasteiger partial charge is 0.350 e. The van der Waals surface area contributed by atoms with Gasteiger partial charge in [0.15, 0.2) is 0 Å². The Balaban J connectivity index is 1.22. The number of aryl methyl sites for hydroxylation is 1. The fraction of sp³-hybridized carbons (Fsp3) is 0.348. The number of carbonyl (C=O) groups excluding carboxylic acids is 2. The second-order valence-corrected chi connectivity index (χ2v) is 8.72. The number of para-hydroxylation sites is 1. The number of nitrogens with zero attached hydrogens (tertiary/aromatic N) is 1. The summed E-state index contributed by atoms with van der Waals surface area (Å²) in [5.74, 6) is 0.340. The summed E-state index contributed by atoms with van der Waals surface area (Å²) >= 11 is 1.70. The van der Waals surface area contributed by atoms with Crippen molar-refractivity contribution in [2.75, 3.05) is 5.32 Å². The van der Waals surface area contributed by atoms with Gasteiger partial charge < -0.3 is 10.6 Å². The number of hydrogen-bond acceptors (Lipinski definition) is 4. The number of anilines is 1. The third-order valence-electron chi connectivity index (χ3n) is 5.14. The van der Waals surface area contributed by atoms with Gasteiger partial charge in [-0.2, -0.15) is 0 Å². The second-order valence-electron chi connectivity index (χ2n) is 7.60. The Labute approximate surface area is 174 Å². The fourth-order valence-electron chi connectivity index (χ4n) is 3.27. The molecule has 0 radical (unpaired) electrons. The summed E-state index contributed by atoms with van der Waals surface area (Å²) in [7, 11) is 0. The summed E-state index contributed by atoms with van der Waals surface area (Å²) in [5.41, 5.74) is 2.86. The normalized spacial score (nSPS) is 14.5. The molecule has 2 amide bonds. The molecule has 2 N–H and O–H groups in total. The van der Waals surface area contributed by atoms with Crippen LogP contribution in [0, 0.1) is 5.92 Å². The zero-order chi connectivity index (χ0) is 20.2. The van der Waals surface area contributed by atoms with E-state index in [1.54, 1.807) is 11.3 Å². The van der Waals surface area contributed by atoms with Crippen LogP contribution in [-0.2, 0) is 16.0 Å². The quantitative estimate of drug-likeness (QED) is 0.561. The molecule has 4 rings (SSSR count). The molecule has 5 nitrogen and oxygen atoms in total. The van der Waals surface area contributed by atoms with E-state index < -0.39 is 0 Å². The molecule has 1 unspecified atom stereocenters. The highest BCUT2D eigenvalue weighted by Crippen LogP contribution is 2.30. The summed E-state index contributed by atoms with van der Waals surface area (Å²) in [6.07, 6.45) is 4.06. The van der Waals surface area contributed by atoms with E-state index in [1.165, 1.54) is 4.70 Å². The maximum absolute atomic E-state index is 12.3. The first kappa shape index (κ1) is 19.6. The van der Waals surface area contributed by atoms with E-state index in [0.29, 0.717) is 6.42 Å². The molecule has 0 saturated heterocycles. The lowest BCUT2D eigenvalue weighted by Gasteiger charge is -2.15. The highest BCUT2D eigenvalue weighted by atomic mass is 32.1. The van der Waals surface area contributed by atoms with Gasteiger partial charge in [-0.25, -0.2) is 4.98 Å². The Bertz CT molecular complexity index is 975. The Morgan fingerprint density at radius 2 is 1.90 bits per heavy atom. The van der Waals surface area contributed by atoms with Crippen LogP contribution in [-0.4, -0.2) is 16.8 Å². The van der Waals surface area contributed by atoms with Crippen LogP contribution in [0.5, 0.6) is 0 Å². The van der Waals surface area contributed by atoms with E-state index in [2.05, 4.69) is 21.7 Å². The Morgan fingerprint density at radius 1 is 1.14 bits per heavy atom. The molecule has 1 aliphatic carbocycles. The van der Waals surface area contributed by atoms with Crippen LogP contribution < -0.4 is 10.6 Å². The number of hydrogen-bond donors (Lipinski definition) is 2. The second kappa shape index (κ2) is 8.74. The van der Waals surface area contributed by atoms with Crippen LogP contribution in [0.4, 0.5) is 5.69 Å². The molecule has 29 heavy (non-hydrogen) atoms. The molecule has 150 valence electrons. The van der Waals surface area contributed by atoms with Gasteiger partial charge in [-0.05, 0) is 62.4 Å². The Kier molecular flexibility index (Phi) is 5.90. The van der Waals surface area contributed by atoms with Crippen molar-refractivity contribution in [1.82, 2.24) is 10.3 Å². The number of thiazole rings is 1. The Morgan fingerprint density at radius 3 is 2.62 bits per heavy atom. The number of rotatable bonds is 8. The molecule has 3 aromatic rings. The van der Waals surface area contributed by atoms with Gasteiger partial charge in [-0.1, -0.05) is 24.3 Å². The van der Waals surface area contributed by atoms with Crippen LogP contribution >= 0.6 is 11.3 Å². The summed E-state index contributed by atoms with van der Waals surface area (Å²) in [6, 6.07) is 15.7. The molecule has 2 aromatic carbocycles. The molecule has 1 heterocycles. The van der Waals surface area contributed by atoms with Crippen molar-refractivity contribution in [1.29, 1.82) is 0 Å². The van der Waals surface area contributed by atoms with Gasteiger partial charge in [0.25, 0.3) is 0 Å². The first-order valence-corrected chi connectivity index (χ1v) is 10.9. The Hall–Kier alpha value is -2.73. The van der Waals surface area contributed by atoms with E-state index in [4.69, 9.17) is 0 Å². The summed E-state index contributed by atoms with van der Waals surface area (Å²) in [5, 5.41) is 7.07. The molecule has 1 aromatic heterocycles. The summed E-state index contributed by atoms with van der Waals surface area (Å²) in [6.45, 7) is 1.98. The third-order valence-corrected chi connectivity index (χ3v) is 6.23. The summed E-state index contributed by atoms with van der Waals surface area (Å²) < 4.78 is 1.19. The maximum Gasteiger partial charge on any atom is 0.227 e. The molecule has 6 heteroatoms. The molecule has 1 saturated carbocycles. The van der Waals surface area contributed by atoms with Gasteiger partial charge in [0.05, 0.1) is 21.3 Å². The average molecular weight is 408 g/mol. The van der Waals surface area contributed by atoms with Gasteiger partial charge in [0, 0.05) is 18.0 Å². The number of carbonyl (C=O) groups is 2. The van der Waals surface area contributed by atoms with Crippen molar-refractivity contribution in [2.24, 2.45) is 5.92 Å². The van der Waals surface area contributed by atoms with Crippen LogP contribution in [0.15, 0.2) is 48.5 Å².